The molecule has 1 aliphatic rings. The number of thioether (sulfide) groups is 1. The summed E-state index contributed by atoms with van der Waals surface area (Å²) in [4.78, 5) is 26.2. The lowest BCUT2D eigenvalue weighted by atomic mass is 10.2. The smallest absolute Gasteiger partial charge is 0.293 e. The predicted molar refractivity (Wildman–Crippen MR) is 112 cm³/mol. The molecule has 0 radical (unpaired) electrons. The number of hydrogen-bond acceptors (Lipinski definition) is 4. The first kappa shape index (κ1) is 19.8. The highest BCUT2D eigenvalue weighted by molar-refractivity contribution is 8.18. The van der Waals surface area contributed by atoms with E-state index in [2.05, 4.69) is 0 Å². The van der Waals surface area contributed by atoms with Crippen molar-refractivity contribution >= 4 is 52.2 Å². The average molecular weight is 448 g/mol. The number of furan rings is 1. The van der Waals surface area contributed by atoms with E-state index in [1.165, 1.54) is 30.3 Å². The number of halogens is 3. The Hall–Kier alpha value is -2.54. The zero-order valence-electron chi connectivity index (χ0n) is 14.7. The second-order valence-corrected chi connectivity index (χ2v) is 8.06. The molecule has 2 aromatic carbocycles. The molecular weight excluding hydrogens is 436 g/mol. The van der Waals surface area contributed by atoms with E-state index in [1.807, 2.05) is 0 Å². The second kappa shape index (κ2) is 8.06. The quantitative estimate of drug-likeness (QED) is 0.421. The molecule has 0 spiro atoms. The fourth-order valence-corrected chi connectivity index (χ4v) is 4.00. The Morgan fingerprint density at radius 2 is 1.79 bits per heavy atom. The van der Waals surface area contributed by atoms with Crippen LogP contribution in [0.25, 0.3) is 17.4 Å². The Morgan fingerprint density at radius 3 is 2.55 bits per heavy atom. The molecule has 1 saturated heterocycles. The van der Waals surface area contributed by atoms with Gasteiger partial charge < -0.3 is 4.42 Å². The van der Waals surface area contributed by atoms with E-state index in [-0.39, 0.29) is 17.3 Å². The number of hydrogen-bond donors (Lipinski definition) is 0. The van der Waals surface area contributed by atoms with E-state index in [1.54, 1.807) is 30.3 Å². The Bertz CT molecular complexity index is 1140. The van der Waals surface area contributed by atoms with Crippen LogP contribution in [0.3, 0.4) is 0 Å². The molecule has 4 rings (SSSR count). The predicted octanol–water partition coefficient (Wildman–Crippen LogP) is 6.63. The zero-order valence-corrected chi connectivity index (χ0v) is 17.0. The van der Waals surface area contributed by atoms with Gasteiger partial charge in [0.2, 0.25) is 0 Å². The van der Waals surface area contributed by atoms with Crippen molar-refractivity contribution in [1.82, 2.24) is 4.90 Å². The van der Waals surface area contributed by atoms with Gasteiger partial charge in [0.25, 0.3) is 11.1 Å². The Morgan fingerprint density at radius 1 is 1.03 bits per heavy atom. The van der Waals surface area contributed by atoms with E-state index in [0.29, 0.717) is 32.7 Å². The van der Waals surface area contributed by atoms with Gasteiger partial charge in [0, 0.05) is 16.7 Å². The molecule has 0 N–H and O–H groups in total. The first-order valence-electron chi connectivity index (χ1n) is 8.46. The Kier molecular flexibility index (Phi) is 5.50. The molecule has 29 heavy (non-hydrogen) atoms. The van der Waals surface area contributed by atoms with Crippen LogP contribution in [0.5, 0.6) is 0 Å². The van der Waals surface area contributed by atoms with Crippen molar-refractivity contribution in [2.45, 2.75) is 6.54 Å². The standard InChI is InChI=1S/C21H12Cl2FNO3S/c22-13-3-7-17(23)16(9-13)18-8-6-15(28-18)10-19-20(26)25(21(27)29-19)11-12-1-4-14(24)5-2-12/h1-10H,11H2/b19-10-. The van der Waals surface area contributed by atoms with Gasteiger partial charge in [-0.25, -0.2) is 4.39 Å². The average Bonchev–Trinajstić information content (AvgIpc) is 3.26. The number of carbonyl (C=O) groups is 2. The molecule has 1 aromatic heterocycles. The number of imide groups is 1. The van der Waals surface area contributed by atoms with Gasteiger partial charge in [0.15, 0.2) is 0 Å². The van der Waals surface area contributed by atoms with Crippen molar-refractivity contribution in [2.75, 3.05) is 0 Å². The fourth-order valence-electron chi connectivity index (χ4n) is 2.80. The molecule has 8 heteroatoms. The number of amides is 2. The maximum Gasteiger partial charge on any atom is 0.293 e. The van der Waals surface area contributed by atoms with E-state index < -0.39 is 11.1 Å². The van der Waals surface area contributed by atoms with Crippen molar-refractivity contribution in [3.8, 4) is 11.3 Å². The summed E-state index contributed by atoms with van der Waals surface area (Å²) >= 11 is 13.0. The van der Waals surface area contributed by atoms with Gasteiger partial charge in [-0.2, -0.15) is 0 Å². The topological polar surface area (TPSA) is 50.5 Å². The summed E-state index contributed by atoms with van der Waals surface area (Å²) in [6, 6.07) is 14.1. The summed E-state index contributed by atoms with van der Waals surface area (Å²) in [5.41, 5.74) is 1.29. The molecule has 4 nitrogen and oxygen atoms in total. The molecule has 2 amide bonds. The maximum absolute atomic E-state index is 13.0. The lowest BCUT2D eigenvalue weighted by molar-refractivity contribution is -0.123. The molecule has 1 fully saturated rings. The third kappa shape index (κ3) is 4.24. The molecule has 0 saturated carbocycles. The van der Waals surface area contributed by atoms with Crippen LogP contribution in [0.4, 0.5) is 9.18 Å². The number of nitrogens with zero attached hydrogens (tertiary/aromatic N) is 1. The number of rotatable bonds is 4. The molecule has 0 aliphatic carbocycles. The van der Waals surface area contributed by atoms with Crippen molar-refractivity contribution in [3.63, 3.8) is 0 Å². The highest BCUT2D eigenvalue weighted by Gasteiger charge is 2.35. The van der Waals surface area contributed by atoms with E-state index in [0.717, 1.165) is 16.7 Å². The van der Waals surface area contributed by atoms with E-state index in [9.17, 15) is 14.0 Å². The number of carbonyl (C=O) groups excluding carboxylic acids is 2. The Labute approximate surface area is 179 Å². The summed E-state index contributed by atoms with van der Waals surface area (Å²) in [5.74, 6) is 0.0943. The van der Waals surface area contributed by atoms with Gasteiger partial charge in [0.05, 0.1) is 16.5 Å². The van der Waals surface area contributed by atoms with Crippen molar-refractivity contribution in [1.29, 1.82) is 0 Å². The monoisotopic (exact) mass is 447 g/mol. The van der Waals surface area contributed by atoms with Crippen LogP contribution in [0.15, 0.2) is 63.9 Å². The summed E-state index contributed by atoms with van der Waals surface area (Å²) in [7, 11) is 0. The fraction of sp³-hybridized carbons (Fsp3) is 0.0476. The lowest BCUT2D eigenvalue weighted by Crippen LogP contribution is -2.27. The summed E-state index contributed by atoms with van der Waals surface area (Å²) in [5, 5.41) is 0.606. The SMILES string of the molecule is O=C1S/C(=C\c2ccc(-c3cc(Cl)ccc3Cl)o2)C(=O)N1Cc1ccc(F)cc1. The van der Waals surface area contributed by atoms with E-state index in [4.69, 9.17) is 27.6 Å². The minimum Gasteiger partial charge on any atom is -0.457 e. The molecule has 0 unspecified atom stereocenters. The third-order valence-corrected chi connectivity index (χ3v) is 5.69. The van der Waals surface area contributed by atoms with Crippen LogP contribution in [0.2, 0.25) is 10.0 Å². The van der Waals surface area contributed by atoms with Gasteiger partial charge in [0.1, 0.15) is 17.3 Å². The Balaban J connectivity index is 1.55. The minimum atomic E-state index is -0.428. The van der Waals surface area contributed by atoms with Crippen LogP contribution in [0.1, 0.15) is 11.3 Å². The highest BCUT2D eigenvalue weighted by Crippen LogP contribution is 2.36. The molecular formula is C21H12Cl2FNO3S. The van der Waals surface area contributed by atoms with Crippen molar-refractivity contribution < 1.29 is 18.4 Å². The van der Waals surface area contributed by atoms with Crippen molar-refractivity contribution in [2.24, 2.45) is 0 Å². The molecule has 0 atom stereocenters. The third-order valence-electron chi connectivity index (χ3n) is 4.22. The molecule has 2 heterocycles. The highest BCUT2D eigenvalue weighted by atomic mass is 35.5. The van der Waals surface area contributed by atoms with Crippen LogP contribution >= 0.6 is 35.0 Å². The summed E-state index contributed by atoms with van der Waals surface area (Å²) in [6.45, 7) is 0.0732. The number of benzene rings is 2. The molecule has 0 bridgehead atoms. The summed E-state index contributed by atoms with van der Waals surface area (Å²) < 4.78 is 18.8. The van der Waals surface area contributed by atoms with Gasteiger partial charge in [-0.05, 0) is 59.8 Å². The normalized spacial score (nSPS) is 15.6. The largest absolute Gasteiger partial charge is 0.457 e. The van der Waals surface area contributed by atoms with Gasteiger partial charge in [-0.1, -0.05) is 35.3 Å². The van der Waals surface area contributed by atoms with Crippen LogP contribution in [0, 0.1) is 5.82 Å². The minimum absolute atomic E-state index is 0.0732. The first-order chi connectivity index (χ1) is 13.9. The van der Waals surface area contributed by atoms with Gasteiger partial charge in [-0.15, -0.1) is 0 Å². The molecule has 146 valence electrons. The van der Waals surface area contributed by atoms with E-state index >= 15 is 0 Å². The first-order valence-corrected chi connectivity index (χ1v) is 10.0. The van der Waals surface area contributed by atoms with Gasteiger partial charge >= 0.3 is 0 Å². The van der Waals surface area contributed by atoms with Crippen molar-refractivity contribution in [3.05, 3.63) is 86.7 Å². The maximum atomic E-state index is 13.0. The zero-order chi connectivity index (χ0) is 20.5. The van der Waals surface area contributed by atoms with Crippen LogP contribution in [-0.2, 0) is 11.3 Å². The van der Waals surface area contributed by atoms with Crippen LogP contribution in [-0.4, -0.2) is 16.0 Å². The molecule has 1 aliphatic heterocycles. The second-order valence-electron chi connectivity index (χ2n) is 6.22. The van der Waals surface area contributed by atoms with Crippen LogP contribution < -0.4 is 0 Å². The van der Waals surface area contributed by atoms with Gasteiger partial charge in [-0.3, -0.25) is 14.5 Å². The molecule has 3 aromatic rings. The summed E-state index contributed by atoms with van der Waals surface area (Å²) in [6.07, 6.45) is 1.51. The lowest BCUT2D eigenvalue weighted by Gasteiger charge is -2.12.